The first-order chi connectivity index (χ1) is 3.39. The van der Waals surface area contributed by atoms with Crippen LogP contribution in [0.5, 0.6) is 0 Å². The van der Waals surface area contributed by atoms with Crippen molar-refractivity contribution in [2.75, 3.05) is 6.61 Å². The van der Waals surface area contributed by atoms with E-state index < -0.39 is 0 Å². The van der Waals surface area contributed by atoms with Crippen molar-refractivity contribution in [1.82, 2.24) is 0 Å². The van der Waals surface area contributed by atoms with Gasteiger partial charge >= 0.3 is 5.97 Å². The van der Waals surface area contributed by atoms with Gasteiger partial charge in [-0.2, -0.15) is 0 Å². The van der Waals surface area contributed by atoms with Gasteiger partial charge in [-0.25, -0.2) is 0 Å². The summed E-state index contributed by atoms with van der Waals surface area (Å²) in [6, 6.07) is 0. The van der Waals surface area contributed by atoms with Crippen LogP contribution >= 0.6 is 0 Å². The van der Waals surface area contributed by atoms with E-state index >= 15 is 0 Å². The lowest BCUT2D eigenvalue weighted by Gasteiger charge is -2.07. The van der Waals surface area contributed by atoms with Crippen molar-refractivity contribution in [3.63, 3.8) is 0 Å². The monoisotopic (exact) mass is 99.0 g/mol. The van der Waals surface area contributed by atoms with E-state index in [4.69, 9.17) is 0 Å². The summed E-state index contributed by atoms with van der Waals surface area (Å²) in [7, 11) is 0. The van der Waals surface area contributed by atoms with E-state index in [9.17, 15) is 4.79 Å². The summed E-state index contributed by atoms with van der Waals surface area (Å²) >= 11 is 0. The molecule has 0 aromatic rings. The summed E-state index contributed by atoms with van der Waals surface area (Å²) in [6.07, 6.45) is 3.36. The number of hydrogen-bond donors (Lipinski definition) is 0. The predicted molar refractivity (Wildman–Crippen MR) is 24.5 cm³/mol. The van der Waals surface area contributed by atoms with Crippen molar-refractivity contribution < 1.29 is 9.53 Å². The van der Waals surface area contributed by atoms with E-state index in [1.165, 1.54) is 0 Å². The first kappa shape index (κ1) is 4.62. The molecule has 0 aromatic carbocycles. The number of hydrogen-bond acceptors (Lipinski definition) is 2. The number of esters is 1. The maximum absolute atomic E-state index is 10.2. The van der Waals surface area contributed by atoms with Crippen LogP contribution in [0.3, 0.4) is 0 Å². The molecule has 2 nitrogen and oxygen atoms in total. The highest BCUT2D eigenvalue weighted by Gasteiger charge is 2.06. The normalized spacial score (nSPS) is 21.4. The largest absolute Gasteiger partial charge is 0.466 e. The number of ether oxygens (including phenoxy) is 1. The van der Waals surface area contributed by atoms with Crippen LogP contribution in [0.1, 0.15) is 12.8 Å². The lowest BCUT2D eigenvalue weighted by Crippen LogP contribution is -2.11. The van der Waals surface area contributed by atoms with E-state index in [0.717, 1.165) is 6.42 Å². The third-order valence-corrected chi connectivity index (χ3v) is 0.896. The topological polar surface area (TPSA) is 26.3 Å². The fourth-order valence-electron chi connectivity index (χ4n) is 0.535. The average molecular weight is 99.1 g/mol. The maximum Gasteiger partial charge on any atom is 0.306 e. The lowest BCUT2D eigenvalue weighted by atomic mass is 10.2. The van der Waals surface area contributed by atoms with Gasteiger partial charge in [0.05, 0.1) is 6.61 Å². The molecule has 1 radical (unpaired) electrons. The van der Waals surface area contributed by atoms with Crippen molar-refractivity contribution in [3.8, 4) is 0 Å². The molecule has 7 heavy (non-hydrogen) atoms. The molecule has 2 heteroatoms. The standard InChI is InChI=1S/C5H7O2/c6-5-3-1-2-4-7-5/h1H,2-4H2. The molecule has 0 spiro atoms. The fourth-order valence-corrected chi connectivity index (χ4v) is 0.535. The van der Waals surface area contributed by atoms with Crippen molar-refractivity contribution in [3.05, 3.63) is 6.42 Å². The van der Waals surface area contributed by atoms with Crippen LogP contribution in [-0.4, -0.2) is 12.6 Å². The Morgan fingerprint density at radius 3 is 2.86 bits per heavy atom. The quantitative estimate of drug-likeness (QED) is 0.414. The third-order valence-electron chi connectivity index (χ3n) is 0.896. The van der Waals surface area contributed by atoms with E-state index in [1.54, 1.807) is 0 Å². The molecule has 1 heterocycles. The van der Waals surface area contributed by atoms with Gasteiger partial charge < -0.3 is 4.74 Å². The Bertz CT molecular complexity index is 70.1. The summed E-state index contributed by atoms with van der Waals surface area (Å²) in [5.41, 5.74) is 0. The zero-order valence-corrected chi connectivity index (χ0v) is 4.02. The van der Waals surface area contributed by atoms with E-state index in [-0.39, 0.29) is 5.97 Å². The number of carbonyl (C=O) groups is 1. The Morgan fingerprint density at radius 1 is 1.71 bits per heavy atom. The maximum atomic E-state index is 10.2. The summed E-state index contributed by atoms with van der Waals surface area (Å²) in [4.78, 5) is 10.2. The summed E-state index contributed by atoms with van der Waals surface area (Å²) < 4.78 is 4.61. The van der Waals surface area contributed by atoms with Gasteiger partial charge in [-0.1, -0.05) is 0 Å². The van der Waals surface area contributed by atoms with Crippen LogP contribution in [0.15, 0.2) is 0 Å². The van der Waals surface area contributed by atoms with Gasteiger partial charge in [0.1, 0.15) is 0 Å². The molecule has 0 unspecified atom stereocenters. The first-order valence-electron chi connectivity index (χ1n) is 2.37. The summed E-state index contributed by atoms with van der Waals surface area (Å²) in [6.45, 7) is 0.582. The second-order valence-electron chi connectivity index (χ2n) is 1.50. The van der Waals surface area contributed by atoms with E-state index in [0.29, 0.717) is 13.0 Å². The minimum absolute atomic E-state index is 0.0914. The average Bonchev–Trinajstić information content (AvgIpc) is 1.69. The lowest BCUT2D eigenvalue weighted by molar-refractivity contribution is -0.144. The molecule has 1 fully saturated rings. The molecule has 1 aliphatic heterocycles. The number of carbonyl (C=O) groups excluding carboxylic acids is 1. The molecular formula is C5H7O2. The van der Waals surface area contributed by atoms with Crippen LogP contribution in [0, 0.1) is 6.42 Å². The molecule has 0 amide bonds. The van der Waals surface area contributed by atoms with Gasteiger partial charge in [-0.3, -0.25) is 4.79 Å². The van der Waals surface area contributed by atoms with Crippen molar-refractivity contribution >= 4 is 5.97 Å². The fraction of sp³-hybridized carbons (Fsp3) is 0.600. The van der Waals surface area contributed by atoms with Crippen LogP contribution < -0.4 is 0 Å². The van der Waals surface area contributed by atoms with E-state index in [1.807, 2.05) is 6.42 Å². The van der Waals surface area contributed by atoms with Crippen LogP contribution in [-0.2, 0) is 9.53 Å². The summed E-state index contributed by atoms with van der Waals surface area (Å²) in [5, 5.41) is 0. The van der Waals surface area contributed by atoms with Gasteiger partial charge in [0.15, 0.2) is 0 Å². The molecule has 0 aromatic heterocycles. The molecule has 0 atom stereocenters. The van der Waals surface area contributed by atoms with Crippen LogP contribution in [0.25, 0.3) is 0 Å². The van der Waals surface area contributed by atoms with E-state index in [2.05, 4.69) is 4.74 Å². The van der Waals surface area contributed by atoms with Crippen molar-refractivity contribution in [2.45, 2.75) is 12.8 Å². The second-order valence-corrected chi connectivity index (χ2v) is 1.50. The Morgan fingerprint density at radius 2 is 2.57 bits per heavy atom. The van der Waals surface area contributed by atoms with Crippen molar-refractivity contribution in [2.24, 2.45) is 0 Å². The number of cyclic esters (lactones) is 1. The Hall–Kier alpha value is -0.530. The highest BCUT2D eigenvalue weighted by Crippen LogP contribution is 2.02. The molecule has 0 aliphatic carbocycles. The van der Waals surface area contributed by atoms with Gasteiger partial charge in [-0.05, 0) is 12.8 Å². The molecule has 1 rings (SSSR count). The Labute approximate surface area is 42.5 Å². The Balaban J connectivity index is 2.25. The van der Waals surface area contributed by atoms with Crippen LogP contribution in [0.4, 0.5) is 0 Å². The van der Waals surface area contributed by atoms with Crippen molar-refractivity contribution in [1.29, 1.82) is 0 Å². The van der Waals surface area contributed by atoms with Gasteiger partial charge in [0.25, 0.3) is 0 Å². The zero-order valence-electron chi connectivity index (χ0n) is 4.02. The first-order valence-corrected chi connectivity index (χ1v) is 2.37. The zero-order chi connectivity index (χ0) is 5.11. The number of rotatable bonds is 0. The minimum atomic E-state index is -0.0914. The predicted octanol–water partition coefficient (Wildman–Crippen LogP) is 0.528. The summed E-state index contributed by atoms with van der Waals surface area (Å²) in [5.74, 6) is -0.0914. The molecule has 0 saturated carbocycles. The highest BCUT2D eigenvalue weighted by molar-refractivity contribution is 5.71. The highest BCUT2D eigenvalue weighted by atomic mass is 16.5. The SMILES string of the molecule is O=C1C[CH]CCO1. The molecule has 0 N–H and O–H groups in total. The van der Waals surface area contributed by atoms with Gasteiger partial charge in [-0.15, -0.1) is 0 Å². The second kappa shape index (κ2) is 1.96. The molecule has 39 valence electrons. The molecular weight excluding hydrogens is 92.1 g/mol. The Kier molecular flexibility index (Phi) is 1.29. The van der Waals surface area contributed by atoms with Crippen LogP contribution in [0.2, 0.25) is 0 Å². The van der Waals surface area contributed by atoms with Gasteiger partial charge in [0, 0.05) is 6.42 Å². The molecule has 1 saturated heterocycles. The molecule has 1 aliphatic rings. The van der Waals surface area contributed by atoms with Gasteiger partial charge in [0.2, 0.25) is 0 Å². The third kappa shape index (κ3) is 1.18. The smallest absolute Gasteiger partial charge is 0.306 e. The minimum Gasteiger partial charge on any atom is -0.466 e. The molecule has 0 bridgehead atoms.